The summed E-state index contributed by atoms with van der Waals surface area (Å²) in [6, 6.07) is 3.51. The zero-order valence-corrected chi connectivity index (χ0v) is 10.9. The number of benzene rings is 1. The van der Waals surface area contributed by atoms with Crippen molar-refractivity contribution in [2.75, 3.05) is 5.32 Å². The van der Waals surface area contributed by atoms with Crippen LogP contribution < -0.4 is 11.1 Å². The minimum Gasteiger partial charge on any atom is -0.481 e. The summed E-state index contributed by atoms with van der Waals surface area (Å²) in [6.45, 7) is 1.65. The summed E-state index contributed by atoms with van der Waals surface area (Å²) in [4.78, 5) is 33.1. The van der Waals surface area contributed by atoms with Gasteiger partial charge in [-0.25, -0.2) is 4.79 Å². The van der Waals surface area contributed by atoms with Crippen molar-refractivity contribution in [3.63, 3.8) is 0 Å². The largest absolute Gasteiger partial charge is 0.481 e. The van der Waals surface area contributed by atoms with Crippen molar-refractivity contribution in [2.45, 2.75) is 25.8 Å². The molecule has 7 nitrogen and oxygen atoms in total. The number of rotatable bonds is 6. The number of anilines is 1. The van der Waals surface area contributed by atoms with Gasteiger partial charge in [0.2, 0.25) is 5.91 Å². The van der Waals surface area contributed by atoms with Gasteiger partial charge in [0.25, 0.3) is 0 Å². The Balaban J connectivity index is 2.73. The lowest BCUT2D eigenvalue weighted by Crippen LogP contribution is -2.36. The highest BCUT2D eigenvalue weighted by molar-refractivity contribution is 5.97. The van der Waals surface area contributed by atoms with Gasteiger partial charge in [0, 0.05) is 12.1 Å². The number of carboxylic acid groups (broad SMARTS) is 2. The smallest absolute Gasteiger partial charge is 0.336 e. The Morgan fingerprint density at radius 3 is 2.50 bits per heavy atom. The van der Waals surface area contributed by atoms with E-state index in [2.05, 4.69) is 5.32 Å². The second kappa shape index (κ2) is 6.67. The third-order valence-electron chi connectivity index (χ3n) is 2.74. The molecule has 0 spiro atoms. The van der Waals surface area contributed by atoms with E-state index in [0.29, 0.717) is 11.3 Å². The molecule has 1 unspecified atom stereocenters. The lowest BCUT2D eigenvalue weighted by atomic mass is 10.1. The number of aryl methyl sites for hydroxylation is 1. The summed E-state index contributed by atoms with van der Waals surface area (Å²) >= 11 is 0. The van der Waals surface area contributed by atoms with Crippen LogP contribution >= 0.6 is 0 Å². The predicted octanol–water partition coefficient (Wildman–Crippen LogP) is 0.824. The zero-order valence-electron chi connectivity index (χ0n) is 10.9. The number of aliphatic carboxylic acids is 1. The molecule has 5 N–H and O–H groups in total. The highest BCUT2D eigenvalue weighted by atomic mass is 16.4. The average Bonchev–Trinajstić information content (AvgIpc) is 2.37. The molecule has 1 amide bonds. The number of aromatic carboxylic acids is 1. The van der Waals surface area contributed by atoms with Crippen LogP contribution in [-0.2, 0) is 9.59 Å². The number of carbonyl (C=O) groups is 3. The van der Waals surface area contributed by atoms with E-state index in [1.165, 1.54) is 6.07 Å². The van der Waals surface area contributed by atoms with Gasteiger partial charge in [-0.05, 0) is 31.0 Å². The van der Waals surface area contributed by atoms with Gasteiger partial charge in [-0.15, -0.1) is 0 Å². The number of nitrogens with two attached hydrogens (primary N) is 1. The van der Waals surface area contributed by atoms with Crippen LogP contribution in [0.25, 0.3) is 0 Å². The summed E-state index contributed by atoms with van der Waals surface area (Å²) in [5, 5.41) is 20.0. The number of nitrogens with one attached hydrogen (secondary N) is 1. The molecule has 1 aromatic rings. The van der Waals surface area contributed by atoms with Crippen LogP contribution in [0.2, 0.25) is 0 Å². The maximum Gasteiger partial charge on any atom is 0.336 e. The van der Waals surface area contributed by atoms with Crippen molar-refractivity contribution in [3.8, 4) is 0 Å². The first-order chi connectivity index (χ1) is 9.31. The maximum absolute atomic E-state index is 11.7. The second-order valence-electron chi connectivity index (χ2n) is 4.36. The van der Waals surface area contributed by atoms with E-state index in [1.807, 2.05) is 0 Å². The van der Waals surface area contributed by atoms with Crippen molar-refractivity contribution < 1.29 is 24.6 Å². The Morgan fingerprint density at radius 1 is 1.30 bits per heavy atom. The van der Waals surface area contributed by atoms with Crippen LogP contribution in [0.3, 0.4) is 0 Å². The van der Waals surface area contributed by atoms with Crippen LogP contribution in [0, 0.1) is 6.92 Å². The second-order valence-corrected chi connectivity index (χ2v) is 4.36. The number of hydrogen-bond donors (Lipinski definition) is 4. The first kappa shape index (κ1) is 15.6. The quantitative estimate of drug-likeness (QED) is 0.610. The molecule has 0 aromatic heterocycles. The Hall–Kier alpha value is -2.41. The molecule has 0 saturated heterocycles. The summed E-state index contributed by atoms with van der Waals surface area (Å²) in [7, 11) is 0. The van der Waals surface area contributed by atoms with Gasteiger partial charge in [-0.3, -0.25) is 9.59 Å². The molecule has 20 heavy (non-hydrogen) atoms. The average molecular weight is 280 g/mol. The fraction of sp³-hybridized carbons (Fsp3) is 0.308. The van der Waals surface area contributed by atoms with Crippen molar-refractivity contribution in [3.05, 3.63) is 29.3 Å². The van der Waals surface area contributed by atoms with E-state index in [4.69, 9.17) is 15.9 Å². The lowest BCUT2D eigenvalue weighted by Gasteiger charge is -2.12. The fourth-order valence-electron chi connectivity index (χ4n) is 1.58. The third-order valence-corrected chi connectivity index (χ3v) is 2.74. The minimum absolute atomic E-state index is 0.0127. The van der Waals surface area contributed by atoms with Gasteiger partial charge in [-0.2, -0.15) is 0 Å². The Morgan fingerprint density at radius 2 is 1.95 bits per heavy atom. The SMILES string of the molecule is Cc1ccc(NC(=O)C(N)CCC(=O)O)cc1C(=O)O. The van der Waals surface area contributed by atoms with Crippen LogP contribution in [0.4, 0.5) is 5.69 Å². The monoisotopic (exact) mass is 280 g/mol. The van der Waals surface area contributed by atoms with Crippen molar-refractivity contribution in [1.29, 1.82) is 0 Å². The molecule has 7 heteroatoms. The summed E-state index contributed by atoms with van der Waals surface area (Å²) in [5.74, 6) is -2.67. The molecule has 0 heterocycles. The molecule has 1 aromatic carbocycles. The predicted molar refractivity (Wildman–Crippen MR) is 71.6 cm³/mol. The van der Waals surface area contributed by atoms with Crippen LogP contribution in [-0.4, -0.2) is 34.1 Å². The number of amides is 1. The summed E-state index contributed by atoms with van der Waals surface area (Å²) < 4.78 is 0. The minimum atomic E-state index is -1.09. The lowest BCUT2D eigenvalue weighted by molar-refractivity contribution is -0.137. The van der Waals surface area contributed by atoms with Crippen molar-refractivity contribution in [2.24, 2.45) is 5.73 Å². The third kappa shape index (κ3) is 4.36. The van der Waals surface area contributed by atoms with Gasteiger partial charge in [0.05, 0.1) is 11.6 Å². The zero-order chi connectivity index (χ0) is 15.3. The molecule has 0 fully saturated rings. The highest BCUT2D eigenvalue weighted by Gasteiger charge is 2.16. The van der Waals surface area contributed by atoms with E-state index in [0.717, 1.165) is 0 Å². The molecule has 0 aliphatic rings. The Kier molecular flexibility index (Phi) is 5.22. The number of carboxylic acids is 2. The molecular weight excluding hydrogens is 264 g/mol. The molecule has 0 bridgehead atoms. The molecule has 0 saturated carbocycles. The fourth-order valence-corrected chi connectivity index (χ4v) is 1.58. The standard InChI is InChI=1S/C13H16N2O5/c1-7-2-3-8(6-9(7)13(19)20)15-12(18)10(14)4-5-11(16)17/h2-3,6,10H,4-5,14H2,1H3,(H,15,18)(H,16,17)(H,19,20). The van der Waals surface area contributed by atoms with Crippen LogP contribution in [0.5, 0.6) is 0 Å². The normalized spacial score (nSPS) is 11.7. The van der Waals surface area contributed by atoms with E-state index < -0.39 is 23.9 Å². The molecule has 1 atom stereocenters. The van der Waals surface area contributed by atoms with Crippen LogP contribution in [0.15, 0.2) is 18.2 Å². The van der Waals surface area contributed by atoms with Gasteiger partial charge in [0.1, 0.15) is 0 Å². The molecule has 1 rings (SSSR count). The molecule has 0 aliphatic heterocycles. The van der Waals surface area contributed by atoms with E-state index in [-0.39, 0.29) is 18.4 Å². The molecule has 108 valence electrons. The summed E-state index contributed by atoms with van der Waals surface area (Å²) in [6.07, 6.45) is -0.193. The molecule has 0 radical (unpaired) electrons. The topological polar surface area (TPSA) is 130 Å². The molecular formula is C13H16N2O5. The van der Waals surface area contributed by atoms with Gasteiger partial charge in [0.15, 0.2) is 0 Å². The maximum atomic E-state index is 11.7. The number of carbonyl (C=O) groups excluding carboxylic acids is 1. The van der Waals surface area contributed by atoms with Gasteiger partial charge >= 0.3 is 11.9 Å². The van der Waals surface area contributed by atoms with Gasteiger partial charge < -0.3 is 21.3 Å². The van der Waals surface area contributed by atoms with Crippen molar-refractivity contribution >= 4 is 23.5 Å². The number of hydrogen-bond acceptors (Lipinski definition) is 4. The van der Waals surface area contributed by atoms with E-state index >= 15 is 0 Å². The Labute approximate surface area is 115 Å². The Bertz CT molecular complexity index is 542. The van der Waals surface area contributed by atoms with Gasteiger partial charge in [-0.1, -0.05) is 6.07 Å². The summed E-state index contributed by atoms with van der Waals surface area (Å²) in [5.41, 5.74) is 6.52. The molecule has 0 aliphatic carbocycles. The highest BCUT2D eigenvalue weighted by Crippen LogP contribution is 2.15. The van der Waals surface area contributed by atoms with E-state index in [1.54, 1.807) is 19.1 Å². The first-order valence-corrected chi connectivity index (χ1v) is 5.93. The van der Waals surface area contributed by atoms with Crippen molar-refractivity contribution in [1.82, 2.24) is 0 Å². The first-order valence-electron chi connectivity index (χ1n) is 5.93. The van der Waals surface area contributed by atoms with Crippen LogP contribution in [0.1, 0.15) is 28.8 Å². The van der Waals surface area contributed by atoms with E-state index in [9.17, 15) is 14.4 Å².